The van der Waals surface area contributed by atoms with Crippen molar-refractivity contribution >= 4 is 41.1 Å². The molecule has 28 heavy (non-hydrogen) atoms. The van der Waals surface area contributed by atoms with Crippen molar-refractivity contribution in [2.24, 2.45) is 5.84 Å². The molecule has 1 aromatic carbocycles. The minimum atomic E-state index is -0.453. The summed E-state index contributed by atoms with van der Waals surface area (Å²) in [6.07, 6.45) is 1.76. The van der Waals surface area contributed by atoms with Crippen molar-refractivity contribution in [3.8, 4) is 0 Å². The fourth-order valence-electron chi connectivity index (χ4n) is 2.96. The van der Waals surface area contributed by atoms with Crippen LogP contribution in [0, 0.1) is 0 Å². The highest BCUT2D eigenvalue weighted by atomic mass is 32.2. The van der Waals surface area contributed by atoms with Crippen molar-refractivity contribution in [2.45, 2.75) is 24.1 Å². The zero-order valence-corrected chi connectivity index (χ0v) is 17.3. The smallest absolute Gasteiger partial charge is 0.356 e. The predicted molar refractivity (Wildman–Crippen MR) is 111 cm³/mol. The fourth-order valence-corrected chi connectivity index (χ4v) is 5.05. The number of hydrazine groups is 1. The average molecular weight is 419 g/mol. The van der Waals surface area contributed by atoms with Gasteiger partial charge in [-0.1, -0.05) is 30.3 Å². The zero-order chi connectivity index (χ0) is 20.1. The van der Waals surface area contributed by atoms with E-state index in [9.17, 15) is 9.59 Å². The molecule has 1 aliphatic heterocycles. The van der Waals surface area contributed by atoms with E-state index in [0.29, 0.717) is 12.3 Å². The molecule has 2 heterocycles. The van der Waals surface area contributed by atoms with Gasteiger partial charge in [0.05, 0.1) is 29.2 Å². The molecular weight excluding hydrogens is 396 g/mol. The minimum Gasteiger partial charge on any atom is -0.465 e. The maximum Gasteiger partial charge on any atom is 0.356 e. The Bertz CT molecular complexity index is 880. The molecule has 2 N–H and O–H groups in total. The molecule has 1 atom stereocenters. The highest BCUT2D eigenvalue weighted by Crippen LogP contribution is 2.43. The van der Waals surface area contributed by atoms with Gasteiger partial charge in [-0.3, -0.25) is 9.80 Å². The largest absolute Gasteiger partial charge is 0.465 e. The third kappa shape index (κ3) is 4.40. The highest BCUT2D eigenvalue weighted by molar-refractivity contribution is 8.01. The van der Waals surface area contributed by atoms with Gasteiger partial charge in [-0.25, -0.2) is 10.6 Å². The number of esters is 2. The number of fused-ring (bicyclic) bond motifs is 1. The summed E-state index contributed by atoms with van der Waals surface area (Å²) in [5.41, 5.74) is 2.28. The van der Waals surface area contributed by atoms with E-state index in [1.807, 2.05) is 36.4 Å². The lowest BCUT2D eigenvalue weighted by Gasteiger charge is -2.33. The van der Waals surface area contributed by atoms with E-state index in [4.69, 9.17) is 15.3 Å². The Morgan fingerprint density at radius 1 is 1.18 bits per heavy atom. The molecule has 2 aromatic rings. The van der Waals surface area contributed by atoms with Gasteiger partial charge in [0.1, 0.15) is 5.70 Å². The van der Waals surface area contributed by atoms with Crippen LogP contribution in [0.25, 0.3) is 6.08 Å². The van der Waals surface area contributed by atoms with Crippen LogP contribution in [0.3, 0.4) is 0 Å². The van der Waals surface area contributed by atoms with Crippen LogP contribution in [-0.4, -0.2) is 35.9 Å². The summed E-state index contributed by atoms with van der Waals surface area (Å²) in [4.78, 5) is 25.0. The van der Waals surface area contributed by atoms with E-state index in [-0.39, 0.29) is 24.4 Å². The summed E-state index contributed by atoms with van der Waals surface area (Å²) in [7, 11) is 0. The van der Waals surface area contributed by atoms with Crippen molar-refractivity contribution in [1.29, 1.82) is 0 Å². The molecule has 3 rings (SSSR count). The van der Waals surface area contributed by atoms with E-state index >= 15 is 0 Å². The first-order chi connectivity index (χ1) is 13.5. The second-order valence-electron chi connectivity index (χ2n) is 5.95. The quantitative estimate of drug-likeness (QED) is 0.418. The number of benzene rings is 1. The Kier molecular flexibility index (Phi) is 6.77. The van der Waals surface area contributed by atoms with Crippen molar-refractivity contribution in [3.63, 3.8) is 0 Å². The van der Waals surface area contributed by atoms with Gasteiger partial charge in [0.25, 0.3) is 0 Å². The van der Waals surface area contributed by atoms with Gasteiger partial charge in [-0.05, 0) is 37.1 Å². The van der Waals surface area contributed by atoms with Gasteiger partial charge in [-0.2, -0.15) is 0 Å². The van der Waals surface area contributed by atoms with Crippen LogP contribution in [0.4, 0.5) is 0 Å². The van der Waals surface area contributed by atoms with Gasteiger partial charge in [0.15, 0.2) is 0 Å². The van der Waals surface area contributed by atoms with Crippen LogP contribution in [-0.2, 0) is 19.1 Å². The molecule has 1 unspecified atom stereocenters. The predicted octanol–water partition coefficient (Wildman–Crippen LogP) is 3.59. The average Bonchev–Trinajstić information content (AvgIpc) is 3.09. The van der Waals surface area contributed by atoms with Crippen LogP contribution in [0.2, 0.25) is 0 Å². The van der Waals surface area contributed by atoms with Crippen LogP contribution in [0.5, 0.6) is 0 Å². The molecule has 0 aliphatic carbocycles. The number of ether oxygens (including phenoxy) is 2. The standard InChI is InChI=1S/C20H22N2O4S2/c1-3-25-17(23)12-27-18-10-14-16(28-18)11-15(20(24)26-4-2)22(21)19(14)13-8-6-5-7-9-13/h5-11,19H,3-4,12,21H2,1-2H3. The Morgan fingerprint density at radius 2 is 1.89 bits per heavy atom. The highest BCUT2D eigenvalue weighted by Gasteiger charge is 2.33. The van der Waals surface area contributed by atoms with Crippen molar-refractivity contribution in [3.05, 3.63) is 58.1 Å². The fraction of sp³-hybridized carbons (Fsp3) is 0.300. The van der Waals surface area contributed by atoms with E-state index in [1.54, 1.807) is 19.9 Å². The van der Waals surface area contributed by atoms with E-state index in [2.05, 4.69) is 0 Å². The molecule has 0 saturated heterocycles. The molecule has 1 aliphatic rings. The number of thioether (sulfide) groups is 1. The summed E-state index contributed by atoms with van der Waals surface area (Å²) in [5.74, 6) is 5.90. The summed E-state index contributed by atoms with van der Waals surface area (Å²) in [6, 6.07) is 11.5. The van der Waals surface area contributed by atoms with E-state index in [0.717, 1.165) is 20.2 Å². The summed E-state index contributed by atoms with van der Waals surface area (Å²) in [6.45, 7) is 4.19. The third-order valence-corrected chi connectivity index (χ3v) is 6.40. The van der Waals surface area contributed by atoms with Gasteiger partial charge in [-0.15, -0.1) is 23.1 Å². The Labute approximate surface area is 172 Å². The Morgan fingerprint density at radius 3 is 2.57 bits per heavy atom. The molecule has 0 saturated carbocycles. The van der Waals surface area contributed by atoms with Crippen LogP contribution in [0.15, 0.2) is 46.3 Å². The third-order valence-electron chi connectivity index (χ3n) is 4.12. The lowest BCUT2D eigenvalue weighted by atomic mass is 9.95. The molecule has 8 heteroatoms. The van der Waals surface area contributed by atoms with Gasteiger partial charge < -0.3 is 9.47 Å². The molecule has 0 bridgehead atoms. The Hall–Kier alpha value is -2.29. The number of thiophene rings is 1. The Balaban J connectivity index is 1.96. The van der Waals surface area contributed by atoms with Gasteiger partial charge in [0, 0.05) is 4.88 Å². The molecule has 6 nitrogen and oxygen atoms in total. The maximum absolute atomic E-state index is 12.4. The van der Waals surface area contributed by atoms with Gasteiger partial charge >= 0.3 is 11.9 Å². The summed E-state index contributed by atoms with van der Waals surface area (Å²) < 4.78 is 11.1. The molecule has 0 fully saturated rings. The van der Waals surface area contributed by atoms with Crippen LogP contribution >= 0.6 is 23.1 Å². The van der Waals surface area contributed by atoms with E-state index in [1.165, 1.54) is 28.1 Å². The lowest BCUT2D eigenvalue weighted by molar-refractivity contribution is -0.141. The van der Waals surface area contributed by atoms with Crippen molar-refractivity contribution in [1.82, 2.24) is 5.01 Å². The number of nitrogens with two attached hydrogens (primary N) is 1. The zero-order valence-electron chi connectivity index (χ0n) is 15.7. The summed E-state index contributed by atoms with van der Waals surface area (Å²) in [5, 5.41) is 1.46. The van der Waals surface area contributed by atoms with Gasteiger partial charge in [0.2, 0.25) is 0 Å². The van der Waals surface area contributed by atoms with Crippen molar-refractivity contribution < 1.29 is 19.1 Å². The van der Waals surface area contributed by atoms with E-state index < -0.39 is 5.97 Å². The number of carbonyl (C=O) groups is 2. The monoisotopic (exact) mass is 418 g/mol. The molecule has 0 radical (unpaired) electrons. The second-order valence-corrected chi connectivity index (χ2v) is 8.31. The first-order valence-corrected chi connectivity index (χ1v) is 10.7. The number of rotatable bonds is 7. The summed E-state index contributed by atoms with van der Waals surface area (Å²) >= 11 is 2.94. The van der Waals surface area contributed by atoms with Crippen molar-refractivity contribution in [2.75, 3.05) is 19.0 Å². The first kappa shape index (κ1) is 20.4. The molecule has 0 amide bonds. The number of hydrogen-bond acceptors (Lipinski definition) is 8. The number of carbonyl (C=O) groups excluding carboxylic acids is 2. The number of hydrogen-bond donors (Lipinski definition) is 1. The first-order valence-electron chi connectivity index (χ1n) is 8.95. The SMILES string of the molecule is CCOC(=O)CSc1cc2c(s1)C=C(C(=O)OCC)N(N)C2c1ccccc1. The topological polar surface area (TPSA) is 81.9 Å². The minimum absolute atomic E-state index is 0.240. The molecule has 0 spiro atoms. The molecule has 1 aromatic heterocycles. The molecule has 148 valence electrons. The normalized spacial score (nSPS) is 15.6. The molecular formula is C20H22N2O4S2. The lowest BCUT2D eigenvalue weighted by Crippen LogP contribution is -2.40. The second kappa shape index (κ2) is 9.27. The maximum atomic E-state index is 12.4. The van der Waals surface area contributed by atoms with Crippen LogP contribution in [0.1, 0.15) is 35.9 Å². The number of nitrogens with zero attached hydrogens (tertiary/aromatic N) is 1. The van der Waals surface area contributed by atoms with Crippen LogP contribution < -0.4 is 5.84 Å².